The highest BCUT2D eigenvalue weighted by molar-refractivity contribution is 7.92. The Morgan fingerprint density at radius 2 is 1.78 bits per heavy atom. The lowest BCUT2D eigenvalue weighted by Crippen LogP contribution is -2.36. The van der Waals surface area contributed by atoms with Crippen LogP contribution >= 0.6 is 0 Å². The molecule has 144 valence electrons. The predicted octanol–water partition coefficient (Wildman–Crippen LogP) is 3.53. The van der Waals surface area contributed by atoms with E-state index in [2.05, 4.69) is 25.5 Å². The van der Waals surface area contributed by atoms with Gasteiger partial charge in [0.05, 0.1) is 22.8 Å². The van der Waals surface area contributed by atoms with Gasteiger partial charge in [-0.1, -0.05) is 32.9 Å². The average molecular weight is 388 g/mol. The molecule has 7 heteroatoms. The number of amides is 1. The number of ether oxygens (including phenoxy) is 1. The fourth-order valence-electron chi connectivity index (χ4n) is 2.96. The molecule has 0 aromatic heterocycles. The molecule has 1 aliphatic heterocycles. The molecule has 1 N–H and O–H groups in total. The molecule has 0 radical (unpaired) electrons. The molecular weight excluding hydrogens is 364 g/mol. The molecule has 6 nitrogen and oxygen atoms in total. The Kier molecular flexibility index (Phi) is 4.90. The molecule has 0 bridgehead atoms. The van der Waals surface area contributed by atoms with Crippen LogP contribution in [0.2, 0.25) is 0 Å². The summed E-state index contributed by atoms with van der Waals surface area (Å²) in [6.07, 6.45) is 0. The van der Waals surface area contributed by atoms with E-state index in [9.17, 15) is 13.2 Å². The van der Waals surface area contributed by atoms with Gasteiger partial charge in [-0.2, -0.15) is 0 Å². The van der Waals surface area contributed by atoms with Crippen molar-refractivity contribution in [1.29, 1.82) is 0 Å². The van der Waals surface area contributed by atoms with E-state index in [-0.39, 0.29) is 16.2 Å². The third kappa shape index (κ3) is 4.08. The standard InChI is InChI=1S/C20H24N2O4S/c1-14(23)22-11-12-26-19-13-16(7-10-18(19)22)21-27(24,25)17-8-5-15(6-9-17)20(2,3)4/h5-10,13,21H,11-12H2,1-4H3. The highest BCUT2D eigenvalue weighted by Gasteiger charge is 2.23. The van der Waals surface area contributed by atoms with Crippen molar-refractivity contribution in [2.24, 2.45) is 0 Å². The first-order valence-electron chi connectivity index (χ1n) is 8.76. The second-order valence-electron chi connectivity index (χ2n) is 7.58. The van der Waals surface area contributed by atoms with Crippen LogP contribution in [-0.2, 0) is 20.2 Å². The molecule has 0 aliphatic carbocycles. The Balaban J connectivity index is 1.85. The van der Waals surface area contributed by atoms with Gasteiger partial charge >= 0.3 is 0 Å². The summed E-state index contributed by atoms with van der Waals surface area (Å²) in [5.74, 6) is 0.409. The average Bonchev–Trinajstić information content (AvgIpc) is 2.60. The summed E-state index contributed by atoms with van der Waals surface area (Å²) in [4.78, 5) is 13.5. The second-order valence-corrected chi connectivity index (χ2v) is 9.26. The molecule has 0 atom stereocenters. The number of sulfonamides is 1. The number of nitrogens with zero attached hydrogens (tertiary/aromatic N) is 1. The maximum Gasteiger partial charge on any atom is 0.261 e. The van der Waals surface area contributed by atoms with E-state index in [1.807, 2.05) is 12.1 Å². The molecule has 1 amide bonds. The van der Waals surface area contributed by atoms with Crippen molar-refractivity contribution in [2.75, 3.05) is 22.8 Å². The van der Waals surface area contributed by atoms with Crippen LogP contribution in [0.25, 0.3) is 0 Å². The summed E-state index contributed by atoms with van der Waals surface area (Å²) in [7, 11) is -3.72. The van der Waals surface area contributed by atoms with Crippen LogP contribution in [0.3, 0.4) is 0 Å². The summed E-state index contributed by atoms with van der Waals surface area (Å²) in [6, 6.07) is 11.8. The zero-order valence-electron chi connectivity index (χ0n) is 15.9. The lowest BCUT2D eigenvalue weighted by molar-refractivity contribution is -0.116. The molecule has 2 aromatic carbocycles. The van der Waals surface area contributed by atoms with Crippen molar-refractivity contribution in [3.63, 3.8) is 0 Å². The number of carbonyl (C=O) groups excluding carboxylic acids is 1. The minimum absolute atomic E-state index is 0.0475. The van der Waals surface area contributed by atoms with Crippen LogP contribution in [0.15, 0.2) is 47.4 Å². The molecule has 1 aliphatic rings. The number of anilines is 2. The molecule has 0 fully saturated rings. The van der Waals surface area contributed by atoms with Gasteiger partial charge in [-0.25, -0.2) is 8.42 Å². The highest BCUT2D eigenvalue weighted by Crippen LogP contribution is 2.35. The number of hydrogen-bond donors (Lipinski definition) is 1. The van der Waals surface area contributed by atoms with Crippen LogP contribution in [-0.4, -0.2) is 27.5 Å². The maximum absolute atomic E-state index is 12.7. The van der Waals surface area contributed by atoms with E-state index >= 15 is 0 Å². The highest BCUT2D eigenvalue weighted by atomic mass is 32.2. The molecule has 0 unspecified atom stereocenters. The van der Waals surface area contributed by atoms with Gasteiger partial charge < -0.3 is 9.64 Å². The Bertz CT molecular complexity index is 960. The molecule has 3 rings (SSSR count). The summed E-state index contributed by atoms with van der Waals surface area (Å²) >= 11 is 0. The van der Waals surface area contributed by atoms with E-state index < -0.39 is 10.0 Å². The van der Waals surface area contributed by atoms with Gasteiger partial charge in [0.1, 0.15) is 12.4 Å². The number of carbonyl (C=O) groups is 1. The van der Waals surface area contributed by atoms with Gasteiger partial charge in [-0.05, 0) is 35.2 Å². The van der Waals surface area contributed by atoms with Crippen molar-refractivity contribution in [3.8, 4) is 5.75 Å². The maximum atomic E-state index is 12.7. The Hall–Kier alpha value is -2.54. The van der Waals surface area contributed by atoms with Crippen molar-refractivity contribution < 1.29 is 17.9 Å². The first kappa shape index (κ1) is 19.2. The van der Waals surface area contributed by atoms with Crippen LogP contribution in [0.5, 0.6) is 5.75 Å². The number of benzene rings is 2. The van der Waals surface area contributed by atoms with Crippen LogP contribution in [0.4, 0.5) is 11.4 Å². The molecule has 0 saturated heterocycles. The fourth-order valence-corrected chi connectivity index (χ4v) is 4.01. The summed E-state index contributed by atoms with van der Waals surface area (Å²) in [5.41, 5.74) is 2.05. The first-order chi connectivity index (χ1) is 12.6. The zero-order valence-corrected chi connectivity index (χ0v) is 16.8. The van der Waals surface area contributed by atoms with Crippen molar-refractivity contribution in [3.05, 3.63) is 48.0 Å². The molecular formula is C20H24N2O4S. The van der Waals surface area contributed by atoms with E-state index in [0.717, 1.165) is 5.56 Å². The van der Waals surface area contributed by atoms with E-state index in [1.54, 1.807) is 35.2 Å². The molecule has 27 heavy (non-hydrogen) atoms. The molecule has 2 aromatic rings. The number of rotatable bonds is 3. The number of nitrogens with one attached hydrogen (secondary N) is 1. The summed E-state index contributed by atoms with van der Waals surface area (Å²) in [6.45, 7) is 8.57. The van der Waals surface area contributed by atoms with Crippen molar-refractivity contribution >= 4 is 27.3 Å². The summed E-state index contributed by atoms with van der Waals surface area (Å²) in [5, 5.41) is 0. The predicted molar refractivity (Wildman–Crippen MR) is 106 cm³/mol. The van der Waals surface area contributed by atoms with Gasteiger partial charge in [0.25, 0.3) is 10.0 Å². The van der Waals surface area contributed by atoms with Crippen LogP contribution in [0.1, 0.15) is 33.3 Å². The van der Waals surface area contributed by atoms with Gasteiger partial charge in [0.2, 0.25) is 5.91 Å². The minimum Gasteiger partial charge on any atom is -0.489 e. The monoisotopic (exact) mass is 388 g/mol. The molecule has 0 spiro atoms. The van der Waals surface area contributed by atoms with E-state index in [4.69, 9.17) is 4.74 Å². The third-order valence-electron chi connectivity index (χ3n) is 4.49. The largest absolute Gasteiger partial charge is 0.489 e. The molecule has 1 heterocycles. The van der Waals surface area contributed by atoms with Gasteiger partial charge in [-0.15, -0.1) is 0 Å². The molecule has 0 saturated carbocycles. The lowest BCUT2D eigenvalue weighted by atomic mass is 9.87. The SMILES string of the molecule is CC(=O)N1CCOc2cc(NS(=O)(=O)c3ccc(C(C)(C)C)cc3)ccc21. The minimum atomic E-state index is -3.72. The number of fused-ring (bicyclic) bond motifs is 1. The fraction of sp³-hybridized carbons (Fsp3) is 0.350. The third-order valence-corrected chi connectivity index (χ3v) is 5.88. The Labute approximate surface area is 160 Å². The van der Waals surface area contributed by atoms with Crippen molar-refractivity contribution in [1.82, 2.24) is 0 Å². The summed E-state index contributed by atoms with van der Waals surface area (Å²) < 4.78 is 33.5. The van der Waals surface area contributed by atoms with Crippen LogP contribution in [0, 0.1) is 0 Å². The van der Waals surface area contributed by atoms with Crippen molar-refractivity contribution in [2.45, 2.75) is 38.0 Å². The first-order valence-corrected chi connectivity index (χ1v) is 10.2. The second kappa shape index (κ2) is 6.88. The Morgan fingerprint density at radius 1 is 1.11 bits per heavy atom. The Morgan fingerprint density at radius 3 is 2.37 bits per heavy atom. The smallest absolute Gasteiger partial charge is 0.261 e. The van der Waals surface area contributed by atoms with Gasteiger partial charge in [0.15, 0.2) is 0 Å². The van der Waals surface area contributed by atoms with E-state index in [1.165, 1.54) is 6.92 Å². The topological polar surface area (TPSA) is 75.7 Å². The zero-order chi connectivity index (χ0) is 19.8. The van der Waals surface area contributed by atoms with Crippen LogP contribution < -0.4 is 14.4 Å². The normalized spacial score (nSPS) is 14.3. The quantitative estimate of drug-likeness (QED) is 0.873. The van der Waals surface area contributed by atoms with Gasteiger partial charge in [0, 0.05) is 13.0 Å². The lowest BCUT2D eigenvalue weighted by Gasteiger charge is -2.29. The number of hydrogen-bond acceptors (Lipinski definition) is 4. The van der Waals surface area contributed by atoms with Gasteiger partial charge in [-0.3, -0.25) is 9.52 Å². The van der Waals surface area contributed by atoms with E-state index in [0.29, 0.717) is 30.3 Å².